The Morgan fingerprint density at radius 1 is 1.64 bits per heavy atom. The van der Waals surface area contributed by atoms with E-state index in [1.54, 1.807) is 0 Å². The Bertz CT molecular complexity index is 108. The number of ether oxygens (including phenoxy) is 1. The fraction of sp³-hybridized carbons (Fsp3) is 0.778. The summed E-state index contributed by atoms with van der Waals surface area (Å²) in [6.45, 7) is 6.49. The molecule has 11 heavy (non-hydrogen) atoms. The summed E-state index contributed by atoms with van der Waals surface area (Å²) in [5, 5.41) is 3.38. The van der Waals surface area contributed by atoms with Crippen LogP contribution in [0, 0.1) is 0 Å². The maximum Gasteiger partial charge on any atom is 0.0619 e. The van der Waals surface area contributed by atoms with Gasteiger partial charge in [-0.1, -0.05) is 6.08 Å². The van der Waals surface area contributed by atoms with Crippen LogP contribution in [-0.2, 0) is 4.74 Å². The molecule has 0 radical (unpaired) electrons. The van der Waals surface area contributed by atoms with Gasteiger partial charge in [-0.15, -0.1) is 6.58 Å². The molecular weight excluding hydrogens is 138 g/mol. The monoisotopic (exact) mass is 155 g/mol. The molecule has 0 aromatic heterocycles. The first-order chi connectivity index (χ1) is 5.43. The van der Waals surface area contributed by atoms with Crippen molar-refractivity contribution in [3.8, 4) is 0 Å². The molecule has 0 bridgehead atoms. The minimum atomic E-state index is 0.611. The van der Waals surface area contributed by atoms with Gasteiger partial charge >= 0.3 is 0 Å². The average Bonchev–Trinajstić information content (AvgIpc) is 2.50. The van der Waals surface area contributed by atoms with E-state index in [1.807, 2.05) is 6.08 Å². The molecule has 0 aromatic carbocycles. The first-order valence-corrected chi connectivity index (χ1v) is 4.35. The van der Waals surface area contributed by atoms with Gasteiger partial charge in [-0.3, -0.25) is 0 Å². The lowest BCUT2D eigenvalue weighted by atomic mass is 10.2. The van der Waals surface area contributed by atoms with Crippen molar-refractivity contribution in [2.24, 2.45) is 0 Å². The van der Waals surface area contributed by atoms with Crippen LogP contribution in [0.15, 0.2) is 12.7 Å². The second-order valence-corrected chi connectivity index (χ2v) is 2.95. The summed E-state index contributed by atoms with van der Waals surface area (Å²) < 4.78 is 5.42. The normalized spacial score (nSPS) is 23.8. The fourth-order valence-electron chi connectivity index (χ4n) is 1.29. The van der Waals surface area contributed by atoms with Crippen molar-refractivity contribution in [3.05, 3.63) is 12.7 Å². The van der Waals surface area contributed by atoms with Gasteiger partial charge in [-0.05, 0) is 25.8 Å². The minimum absolute atomic E-state index is 0.611. The minimum Gasteiger partial charge on any atom is -0.380 e. The van der Waals surface area contributed by atoms with E-state index in [-0.39, 0.29) is 0 Å². The summed E-state index contributed by atoms with van der Waals surface area (Å²) in [5.41, 5.74) is 0. The Labute approximate surface area is 68.6 Å². The lowest BCUT2D eigenvalue weighted by Gasteiger charge is -2.09. The molecule has 1 aliphatic heterocycles. The molecule has 0 spiro atoms. The van der Waals surface area contributed by atoms with Crippen molar-refractivity contribution in [2.75, 3.05) is 19.8 Å². The molecule has 0 aromatic rings. The fourth-order valence-corrected chi connectivity index (χ4v) is 1.29. The number of hydrogen-bond donors (Lipinski definition) is 1. The molecule has 1 fully saturated rings. The Morgan fingerprint density at radius 3 is 3.18 bits per heavy atom. The van der Waals surface area contributed by atoms with Gasteiger partial charge in [0.1, 0.15) is 0 Å². The van der Waals surface area contributed by atoms with Crippen molar-refractivity contribution < 1.29 is 4.74 Å². The maximum atomic E-state index is 5.42. The summed E-state index contributed by atoms with van der Waals surface area (Å²) in [5.74, 6) is 0. The number of rotatable bonds is 5. The maximum absolute atomic E-state index is 5.42. The van der Waals surface area contributed by atoms with Crippen LogP contribution in [-0.4, -0.2) is 25.8 Å². The zero-order valence-corrected chi connectivity index (χ0v) is 7.01. The molecule has 0 amide bonds. The third-order valence-corrected chi connectivity index (χ3v) is 1.95. The third-order valence-electron chi connectivity index (χ3n) is 1.95. The van der Waals surface area contributed by atoms with Crippen LogP contribution in [0.25, 0.3) is 0 Å². The summed E-state index contributed by atoms with van der Waals surface area (Å²) in [7, 11) is 0. The highest BCUT2D eigenvalue weighted by Crippen LogP contribution is 2.04. The van der Waals surface area contributed by atoms with Crippen LogP contribution in [0.5, 0.6) is 0 Å². The zero-order valence-electron chi connectivity index (χ0n) is 7.01. The van der Waals surface area contributed by atoms with Crippen LogP contribution in [0.2, 0.25) is 0 Å². The SMILES string of the molecule is C=CCCOCC1CCCN1. The Hall–Kier alpha value is -0.340. The number of nitrogens with one attached hydrogen (secondary N) is 1. The van der Waals surface area contributed by atoms with Crippen LogP contribution in [0.3, 0.4) is 0 Å². The predicted octanol–water partition coefficient (Wildman–Crippen LogP) is 1.33. The van der Waals surface area contributed by atoms with Crippen molar-refractivity contribution in [1.82, 2.24) is 5.32 Å². The molecule has 0 saturated carbocycles. The average molecular weight is 155 g/mol. The molecule has 1 saturated heterocycles. The van der Waals surface area contributed by atoms with Gasteiger partial charge in [-0.25, -0.2) is 0 Å². The summed E-state index contributed by atoms with van der Waals surface area (Å²) in [6, 6.07) is 0.611. The predicted molar refractivity (Wildman–Crippen MR) is 46.7 cm³/mol. The first-order valence-electron chi connectivity index (χ1n) is 4.35. The second kappa shape index (κ2) is 5.33. The Balaban J connectivity index is 1.89. The van der Waals surface area contributed by atoms with Gasteiger partial charge in [0, 0.05) is 6.04 Å². The van der Waals surface area contributed by atoms with E-state index in [9.17, 15) is 0 Å². The van der Waals surface area contributed by atoms with E-state index in [0.29, 0.717) is 6.04 Å². The highest BCUT2D eigenvalue weighted by Gasteiger charge is 2.12. The summed E-state index contributed by atoms with van der Waals surface area (Å²) in [4.78, 5) is 0. The molecule has 64 valence electrons. The molecule has 1 aliphatic rings. The van der Waals surface area contributed by atoms with E-state index in [4.69, 9.17) is 4.74 Å². The van der Waals surface area contributed by atoms with Crippen LogP contribution < -0.4 is 5.32 Å². The van der Waals surface area contributed by atoms with E-state index in [2.05, 4.69) is 11.9 Å². The first kappa shape index (κ1) is 8.75. The molecule has 2 heteroatoms. The molecular formula is C9H17NO. The van der Waals surface area contributed by atoms with Gasteiger partial charge in [0.15, 0.2) is 0 Å². The third kappa shape index (κ3) is 3.54. The van der Waals surface area contributed by atoms with E-state index < -0.39 is 0 Å². The Morgan fingerprint density at radius 2 is 2.55 bits per heavy atom. The molecule has 1 heterocycles. The molecule has 0 aliphatic carbocycles. The molecule has 1 unspecified atom stereocenters. The number of hydrogen-bond acceptors (Lipinski definition) is 2. The highest BCUT2D eigenvalue weighted by molar-refractivity contribution is 4.73. The smallest absolute Gasteiger partial charge is 0.0619 e. The Kier molecular flexibility index (Phi) is 4.24. The second-order valence-electron chi connectivity index (χ2n) is 2.95. The lowest BCUT2D eigenvalue weighted by molar-refractivity contribution is 0.120. The highest BCUT2D eigenvalue weighted by atomic mass is 16.5. The quantitative estimate of drug-likeness (QED) is 0.477. The lowest BCUT2D eigenvalue weighted by Crippen LogP contribution is -2.26. The van der Waals surface area contributed by atoms with Gasteiger partial charge in [0.25, 0.3) is 0 Å². The van der Waals surface area contributed by atoms with Gasteiger partial charge < -0.3 is 10.1 Å². The van der Waals surface area contributed by atoms with Gasteiger partial charge in [0.2, 0.25) is 0 Å². The van der Waals surface area contributed by atoms with E-state index in [1.165, 1.54) is 12.8 Å². The molecule has 1 rings (SSSR count). The van der Waals surface area contributed by atoms with Crippen molar-refractivity contribution >= 4 is 0 Å². The molecule has 2 nitrogen and oxygen atoms in total. The topological polar surface area (TPSA) is 21.3 Å². The van der Waals surface area contributed by atoms with E-state index >= 15 is 0 Å². The van der Waals surface area contributed by atoms with Crippen LogP contribution >= 0.6 is 0 Å². The van der Waals surface area contributed by atoms with Crippen molar-refractivity contribution in [3.63, 3.8) is 0 Å². The largest absolute Gasteiger partial charge is 0.380 e. The van der Waals surface area contributed by atoms with Gasteiger partial charge in [-0.2, -0.15) is 0 Å². The van der Waals surface area contributed by atoms with Crippen LogP contribution in [0.4, 0.5) is 0 Å². The molecule has 1 atom stereocenters. The molecule has 1 N–H and O–H groups in total. The summed E-state index contributed by atoms with van der Waals surface area (Å²) >= 11 is 0. The standard InChI is InChI=1S/C9H17NO/c1-2-3-7-11-8-9-5-4-6-10-9/h2,9-10H,1,3-8H2. The zero-order chi connectivity index (χ0) is 7.94. The van der Waals surface area contributed by atoms with Gasteiger partial charge in [0.05, 0.1) is 13.2 Å². The van der Waals surface area contributed by atoms with Crippen molar-refractivity contribution in [2.45, 2.75) is 25.3 Å². The van der Waals surface area contributed by atoms with E-state index in [0.717, 1.165) is 26.2 Å². The van der Waals surface area contributed by atoms with Crippen LogP contribution in [0.1, 0.15) is 19.3 Å². The van der Waals surface area contributed by atoms with Crippen molar-refractivity contribution in [1.29, 1.82) is 0 Å². The summed E-state index contributed by atoms with van der Waals surface area (Å²) in [6.07, 6.45) is 5.43.